The summed E-state index contributed by atoms with van der Waals surface area (Å²) >= 11 is 3.45. The number of carbonyl (C=O) groups is 1. The van der Waals surface area contributed by atoms with Crippen LogP contribution in [0, 0.1) is 0 Å². The van der Waals surface area contributed by atoms with Crippen LogP contribution in [0.3, 0.4) is 0 Å². The molecule has 0 saturated carbocycles. The Labute approximate surface area is 167 Å². The zero-order valence-electron chi connectivity index (χ0n) is 15.2. The predicted octanol–water partition coefficient (Wildman–Crippen LogP) is 4.90. The van der Waals surface area contributed by atoms with E-state index in [0.717, 1.165) is 25.9 Å². The highest BCUT2D eigenvalue weighted by atomic mass is 32.1. The predicted molar refractivity (Wildman–Crippen MR) is 113 cm³/mol. The third-order valence-electron chi connectivity index (χ3n) is 4.89. The maximum Gasteiger partial charge on any atom is 0.317 e. The summed E-state index contributed by atoms with van der Waals surface area (Å²) in [6.07, 6.45) is 3.14. The molecular formula is C21H24N2O2S2. The van der Waals surface area contributed by atoms with E-state index >= 15 is 0 Å². The van der Waals surface area contributed by atoms with Crippen molar-refractivity contribution < 1.29 is 9.53 Å². The molecule has 1 aliphatic rings. The molecule has 1 fully saturated rings. The molecule has 6 heteroatoms. The van der Waals surface area contributed by atoms with E-state index < -0.39 is 0 Å². The lowest BCUT2D eigenvalue weighted by Gasteiger charge is -2.25. The van der Waals surface area contributed by atoms with Gasteiger partial charge in [0.15, 0.2) is 0 Å². The second-order valence-corrected chi connectivity index (χ2v) is 8.78. The first kappa shape index (κ1) is 18.5. The molecule has 1 aliphatic heterocycles. The summed E-state index contributed by atoms with van der Waals surface area (Å²) in [7, 11) is 0. The number of carbonyl (C=O) groups excluding carboxylic acids is 1. The van der Waals surface area contributed by atoms with Crippen molar-refractivity contribution in [2.45, 2.75) is 31.9 Å². The van der Waals surface area contributed by atoms with E-state index in [0.29, 0.717) is 19.6 Å². The van der Waals surface area contributed by atoms with Crippen molar-refractivity contribution in [1.82, 2.24) is 10.2 Å². The Kier molecular flexibility index (Phi) is 6.07. The Bertz CT molecular complexity index is 869. The smallest absolute Gasteiger partial charge is 0.317 e. The highest BCUT2D eigenvalue weighted by Gasteiger charge is 2.23. The number of fused-ring (bicyclic) bond motifs is 1. The minimum atomic E-state index is -0.00145. The van der Waals surface area contributed by atoms with Crippen molar-refractivity contribution in [2.75, 3.05) is 19.7 Å². The zero-order valence-corrected chi connectivity index (χ0v) is 16.9. The van der Waals surface area contributed by atoms with Crippen molar-refractivity contribution in [3.63, 3.8) is 0 Å². The molecule has 3 aromatic rings. The fourth-order valence-electron chi connectivity index (χ4n) is 3.49. The quantitative estimate of drug-likeness (QED) is 0.613. The van der Waals surface area contributed by atoms with Gasteiger partial charge in [0, 0.05) is 29.3 Å². The van der Waals surface area contributed by atoms with Gasteiger partial charge in [0.2, 0.25) is 0 Å². The first-order valence-corrected chi connectivity index (χ1v) is 11.2. The van der Waals surface area contributed by atoms with Crippen LogP contribution in [0.25, 0.3) is 10.1 Å². The molecule has 1 saturated heterocycles. The summed E-state index contributed by atoms with van der Waals surface area (Å²) in [6, 6.07) is 12.6. The molecular weight excluding hydrogens is 376 g/mol. The van der Waals surface area contributed by atoms with Gasteiger partial charge in [-0.3, -0.25) is 0 Å². The molecule has 1 unspecified atom stereocenters. The van der Waals surface area contributed by atoms with Crippen molar-refractivity contribution in [3.8, 4) is 0 Å². The largest absolute Gasteiger partial charge is 0.376 e. The van der Waals surface area contributed by atoms with Gasteiger partial charge in [-0.15, -0.1) is 22.7 Å². The van der Waals surface area contributed by atoms with Crippen LogP contribution in [0.15, 0.2) is 47.2 Å². The number of amides is 2. The van der Waals surface area contributed by atoms with E-state index in [9.17, 15) is 4.79 Å². The van der Waals surface area contributed by atoms with Crippen LogP contribution in [0.2, 0.25) is 0 Å². The van der Waals surface area contributed by atoms with Gasteiger partial charge in [-0.05, 0) is 53.1 Å². The van der Waals surface area contributed by atoms with Gasteiger partial charge in [-0.2, -0.15) is 0 Å². The van der Waals surface area contributed by atoms with Gasteiger partial charge in [0.05, 0.1) is 12.6 Å². The fourth-order valence-corrected chi connectivity index (χ4v) is 5.20. The molecule has 0 aliphatic carbocycles. The van der Waals surface area contributed by atoms with Gasteiger partial charge in [0.1, 0.15) is 0 Å². The van der Waals surface area contributed by atoms with Crippen LogP contribution in [-0.4, -0.2) is 36.7 Å². The number of hydrogen-bond acceptors (Lipinski definition) is 4. The Morgan fingerprint density at radius 3 is 2.96 bits per heavy atom. The topological polar surface area (TPSA) is 41.6 Å². The number of nitrogens with zero attached hydrogens (tertiary/aromatic N) is 1. The molecule has 4 nitrogen and oxygen atoms in total. The van der Waals surface area contributed by atoms with Crippen molar-refractivity contribution in [2.24, 2.45) is 0 Å². The van der Waals surface area contributed by atoms with E-state index in [-0.39, 0.29) is 12.1 Å². The number of hydrogen-bond donors (Lipinski definition) is 1. The molecule has 2 aromatic heterocycles. The van der Waals surface area contributed by atoms with Crippen molar-refractivity contribution in [3.05, 3.63) is 57.6 Å². The van der Waals surface area contributed by atoms with Gasteiger partial charge < -0.3 is 15.0 Å². The molecule has 142 valence electrons. The maximum absolute atomic E-state index is 12.8. The normalized spacial score (nSPS) is 16.7. The number of ether oxygens (including phenoxy) is 1. The molecule has 4 rings (SSSR count). The summed E-state index contributed by atoms with van der Waals surface area (Å²) in [4.78, 5) is 15.9. The molecule has 1 N–H and O–H groups in total. The maximum atomic E-state index is 12.8. The average molecular weight is 401 g/mol. The average Bonchev–Trinajstić information content (AvgIpc) is 3.44. The number of nitrogens with one attached hydrogen (secondary N) is 1. The third kappa shape index (κ3) is 4.69. The lowest BCUT2D eigenvalue weighted by molar-refractivity contribution is 0.0798. The number of urea groups is 1. The molecule has 0 spiro atoms. The zero-order chi connectivity index (χ0) is 18.5. The van der Waals surface area contributed by atoms with Crippen LogP contribution in [0.1, 0.15) is 23.3 Å². The molecule has 27 heavy (non-hydrogen) atoms. The summed E-state index contributed by atoms with van der Waals surface area (Å²) in [5.74, 6) is 0. The molecule has 2 amide bonds. The van der Waals surface area contributed by atoms with Crippen molar-refractivity contribution >= 4 is 38.8 Å². The van der Waals surface area contributed by atoms with Crippen LogP contribution in [0.4, 0.5) is 4.79 Å². The molecule has 0 bridgehead atoms. The Morgan fingerprint density at radius 1 is 1.22 bits per heavy atom. The van der Waals surface area contributed by atoms with E-state index in [1.165, 1.54) is 20.5 Å². The Balaban J connectivity index is 1.35. The number of thiophene rings is 2. The van der Waals surface area contributed by atoms with Crippen LogP contribution < -0.4 is 5.32 Å². The fraction of sp³-hybridized carbons (Fsp3) is 0.381. The van der Waals surface area contributed by atoms with Gasteiger partial charge in [-0.1, -0.05) is 24.3 Å². The number of benzene rings is 1. The van der Waals surface area contributed by atoms with E-state index in [1.54, 1.807) is 22.7 Å². The molecule has 1 atom stereocenters. The monoisotopic (exact) mass is 400 g/mol. The van der Waals surface area contributed by atoms with Gasteiger partial charge in [-0.25, -0.2) is 4.79 Å². The number of rotatable bonds is 7. The molecule has 0 radical (unpaired) electrons. The highest BCUT2D eigenvalue weighted by Crippen LogP contribution is 2.25. The van der Waals surface area contributed by atoms with Crippen LogP contribution in [0.5, 0.6) is 0 Å². The van der Waals surface area contributed by atoms with E-state index in [4.69, 9.17) is 4.74 Å². The minimum Gasteiger partial charge on any atom is -0.376 e. The lowest BCUT2D eigenvalue weighted by Crippen LogP contribution is -2.43. The first-order chi connectivity index (χ1) is 13.3. The summed E-state index contributed by atoms with van der Waals surface area (Å²) in [5.41, 5.74) is 1.31. The van der Waals surface area contributed by atoms with Gasteiger partial charge in [0.25, 0.3) is 0 Å². The van der Waals surface area contributed by atoms with Gasteiger partial charge >= 0.3 is 6.03 Å². The third-order valence-corrected chi connectivity index (χ3v) is 6.77. The SMILES string of the molecule is O=C(NCCc1csc2ccccc12)N(Cc1cccs1)CC1CCCO1. The minimum absolute atomic E-state index is 0.00145. The van der Waals surface area contributed by atoms with Crippen LogP contribution >= 0.6 is 22.7 Å². The lowest BCUT2D eigenvalue weighted by atomic mass is 10.1. The summed E-state index contributed by atoms with van der Waals surface area (Å²) in [5, 5.41) is 8.67. The standard InChI is InChI=1S/C21H24N2O2S2/c24-21(22-10-9-16-15-27-20-8-2-1-7-19(16)20)23(13-17-5-3-11-25-17)14-18-6-4-12-26-18/h1-2,4,6-8,12,15,17H,3,5,9-11,13-14H2,(H,22,24). The summed E-state index contributed by atoms with van der Waals surface area (Å²) < 4.78 is 7.05. The second-order valence-electron chi connectivity index (χ2n) is 6.83. The van der Waals surface area contributed by atoms with Crippen LogP contribution in [-0.2, 0) is 17.7 Å². The van der Waals surface area contributed by atoms with Crippen molar-refractivity contribution in [1.29, 1.82) is 0 Å². The Hall–Kier alpha value is -1.89. The molecule has 1 aromatic carbocycles. The molecule has 3 heterocycles. The van der Waals surface area contributed by atoms with E-state index in [2.05, 4.69) is 46.4 Å². The highest BCUT2D eigenvalue weighted by molar-refractivity contribution is 7.17. The first-order valence-electron chi connectivity index (χ1n) is 9.41. The second kappa shape index (κ2) is 8.87. The van der Waals surface area contributed by atoms with E-state index in [1.807, 2.05) is 11.0 Å². The Morgan fingerprint density at radius 2 is 2.15 bits per heavy atom. The summed E-state index contributed by atoms with van der Waals surface area (Å²) in [6.45, 7) is 2.76.